The molecule has 1 aliphatic heterocycles. The van der Waals surface area contributed by atoms with Gasteiger partial charge in [0, 0.05) is 30.5 Å². The molecule has 0 unspecified atom stereocenters. The van der Waals surface area contributed by atoms with Crippen molar-refractivity contribution in [2.24, 2.45) is 11.7 Å². The number of nitrogens with two attached hydrogens (primary N) is 1. The lowest BCUT2D eigenvalue weighted by atomic mass is 10.1. The SMILES string of the molecule is CC(C)CN(C1CC1)[C@H](C(N)=O)C(=O)Nc1ccc(N2CCOCC2=O)cc1. The van der Waals surface area contributed by atoms with Crippen molar-refractivity contribution in [3.63, 3.8) is 0 Å². The van der Waals surface area contributed by atoms with Crippen LogP contribution in [0.3, 0.4) is 0 Å². The van der Waals surface area contributed by atoms with E-state index in [1.165, 1.54) is 0 Å². The number of nitrogens with one attached hydrogen (secondary N) is 1. The van der Waals surface area contributed by atoms with E-state index in [9.17, 15) is 14.4 Å². The lowest BCUT2D eigenvalue weighted by Crippen LogP contribution is -2.54. The van der Waals surface area contributed by atoms with E-state index in [2.05, 4.69) is 19.2 Å². The number of carbonyl (C=O) groups excluding carboxylic acids is 3. The van der Waals surface area contributed by atoms with E-state index >= 15 is 0 Å². The van der Waals surface area contributed by atoms with Gasteiger partial charge in [-0.3, -0.25) is 19.3 Å². The van der Waals surface area contributed by atoms with Crippen LogP contribution in [-0.4, -0.2) is 61.0 Å². The molecule has 2 fully saturated rings. The van der Waals surface area contributed by atoms with Gasteiger partial charge in [0.25, 0.3) is 11.8 Å². The van der Waals surface area contributed by atoms with Crippen molar-refractivity contribution in [1.29, 1.82) is 0 Å². The fourth-order valence-corrected chi connectivity index (χ4v) is 3.46. The zero-order chi connectivity index (χ0) is 20.3. The maximum Gasteiger partial charge on any atom is 0.253 e. The van der Waals surface area contributed by atoms with Crippen LogP contribution in [-0.2, 0) is 19.1 Å². The maximum absolute atomic E-state index is 12.8. The fourth-order valence-electron chi connectivity index (χ4n) is 3.46. The van der Waals surface area contributed by atoms with Gasteiger partial charge in [0.1, 0.15) is 6.61 Å². The molecule has 28 heavy (non-hydrogen) atoms. The van der Waals surface area contributed by atoms with Gasteiger partial charge in [0.05, 0.1) is 6.61 Å². The second kappa shape index (κ2) is 8.70. The minimum Gasteiger partial charge on any atom is -0.370 e. The average molecular weight is 388 g/mol. The van der Waals surface area contributed by atoms with E-state index in [0.29, 0.717) is 31.3 Å². The Balaban J connectivity index is 1.69. The van der Waals surface area contributed by atoms with Crippen molar-refractivity contribution >= 4 is 29.1 Å². The molecule has 3 rings (SSSR count). The molecule has 2 aliphatic rings. The van der Waals surface area contributed by atoms with E-state index in [1.54, 1.807) is 29.2 Å². The summed E-state index contributed by atoms with van der Waals surface area (Å²) in [6, 6.07) is 6.22. The summed E-state index contributed by atoms with van der Waals surface area (Å²) in [5.74, 6) is -0.831. The summed E-state index contributed by atoms with van der Waals surface area (Å²) in [7, 11) is 0. The van der Waals surface area contributed by atoms with Gasteiger partial charge in [0.15, 0.2) is 6.04 Å². The first-order valence-electron chi connectivity index (χ1n) is 9.71. The third kappa shape index (κ3) is 4.88. The molecule has 8 nitrogen and oxygen atoms in total. The molecule has 1 heterocycles. The standard InChI is InChI=1S/C20H28N4O4/c1-13(2)11-24(16-7-8-16)18(19(21)26)20(27)22-14-3-5-15(6-4-14)23-9-10-28-12-17(23)25/h3-6,13,16,18H,7-12H2,1-2H3,(H2,21,26)(H,22,27)/t18-/m1/s1. The molecule has 3 N–H and O–H groups in total. The number of hydrogen-bond acceptors (Lipinski definition) is 5. The molecule has 152 valence electrons. The third-order valence-corrected chi connectivity index (χ3v) is 4.87. The molecule has 0 bridgehead atoms. The van der Waals surface area contributed by atoms with Gasteiger partial charge in [0.2, 0.25) is 5.91 Å². The molecule has 1 saturated heterocycles. The van der Waals surface area contributed by atoms with Gasteiger partial charge in [-0.25, -0.2) is 0 Å². The minimum atomic E-state index is -0.990. The summed E-state index contributed by atoms with van der Waals surface area (Å²) in [6.45, 7) is 5.82. The molecule has 0 radical (unpaired) electrons. The average Bonchev–Trinajstić information content (AvgIpc) is 3.47. The van der Waals surface area contributed by atoms with Gasteiger partial charge in [-0.1, -0.05) is 13.8 Å². The van der Waals surface area contributed by atoms with Crippen LogP contribution in [0.1, 0.15) is 26.7 Å². The molecule has 0 spiro atoms. The number of amides is 3. The Bertz CT molecular complexity index is 730. The number of nitrogens with zero attached hydrogens (tertiary/aromatic N) is 2. The first-order chi connectivity index (χ1) is 13.4. The number of hydrogen-bond donors (Lipinski definition) is 2. The first kappa shape index (κ1) is 20.3. The van der Waals surface area contributed by atoms with Gasteiger partial charge >= 0.3 is 0 Å². The van der Waals surface area contributed by atoms with Crippen LogP contribution in [0.15, 0.2) is 24.3 Å². The van der Waals surface area contributed by atoms with Crippen LogP contribution in [0.4, 0.5) is 11.4 Å². The summed E-state index contributed by atoms with van der Waals surface area (Å²) < 4.78 is 5.14. The van der Waals surface area contributed by atoms with Gasteiger partial charge in [-0.15, -0.1) is 0 Å². The van der Waals surface area contributed by atoms with Gasteiger partial charge in [-0.2, -0.15) is 0 Å². The van der Waals surface area contributed by atoms with Gasteiger partial charge < -0.3 is 20.7 Å². The van der Waals surface area contributed by atoms with Crippen LogP contribution in [0.2, 0.25) is 0 Å². The zero-order valence-corrected chi connectivity index (χ0v) is 16.4. The number of carbonyl (C=O) groups is 3. The second-order valence-corrected chi connectivity index (χ2v) is 7.76. The quantitative estimate of drug-likeness (QED) is 0.646. The third-order valence-electron chi connectivity index (χ3n) is 4.87. The topological polar surface area (TPSA) is 105 Å². The van der Waals surface area contributed by atoms with Gasteiger partial charge in [-0.05, 0) is 43.0 Å². The Morgan fingerprint density at radius 1 is 1.29 bits per heavy atom. The molecule has 0 aromatic heterocycles. The Kier molecular flexibility index (Phi) is 6.31. The van der Waals surface area contributed by atoms with Crippen LogP contribution >= 0.6 is 0 Å². The Morgan fingerprint density at radius 2 is 1.96 bits per heavy atom. The molecule has 1 aromatic carbocycles. The van der Waals surface area contributed by atoms with Crippen LogP contribution in [0.25, 0.3) is 0 Å². The van der Waals surface area contributed by atoms with E-state index in [0.717, 1.165) is 18.5 Å². The van der Waals surface area contributed by atoms with Crippen molar-refractivity contribution in [2.45, 2.75) is 38.8 Å². The predicted molar refractivity (Wildman–Crippen MR) is 106 cm³/mol. The summed E-state index contributed by atoms with van der Waals surface area (Å²) in [5.41, 5.74) is 6.88. The fraction of sp³-hybridized carbons (Fsp3) is 0.550. The smallest absolute Gasteiger partial charge is 0.253 e. The van der Waals surface area contributed by atoms with E-state index in [1.807, 2.05) is 4.90 Å². The van der Waals surface area contributed by atoms with Crippen molar-refractivity contribution in [2.75, 3.05) is 36.5 Å². The number of rotatable bonds is 8. The summed E-state index contributed by atoms with van der Waals surface area (Å²) in [4.78, 5) is 40.4. The number of primary amides is 1. The highest BCUT2D eigenvalue weighted by Gasteiger charge is 2.40. The summed E-state index contributed by atoms with van der Waals surface area (Å²) in [6.07, 6.45) is 1.96. The minimum absolute atomic E-state index is 0.0750. The Labute approximate surface area is 165 Å². The lowest BCUT2D eigenvalue weighted by molar-refractivity contribution is -0.133. The van der Waals surface area contributed by atoms with Crippen molar-refractivity contribution in [3.05, 3.63) is 24.3 Å². The van der Waals surface area contributed by atoms with Crippen molar-refractivity contribution in [1.82, 2.24) is 4.90 Å². The van der Waals surface area contributed by atoms with E-state index in [-0.39, 0.29) is 18.6 Å². The molecular formula is C20H28N4O4. The van der Waals surface area contributed by atoms with Crippen LogP contribution in [0, 0.1) is 5.92 Å². The number of ether oxygens (including phenoxy) is 1. The maximum atomic E-state index is 12.8. The van der Waals surface area contributed by atoms with Crippen LogP contribution in [0.5, 0.6) is 0 Å². The zero-order valence-electron chi connectivity index (χ0n) is 16.4. The molecular weight excluding hydrogens is 360 g/mol. The highest BCUT2D eigenvalue weighted by molar-refractivity contribution is 6.09. The molecule has 1 saturated carbocycles. The first-order valence-corrected chi connectivity index (χ1v) is 9.71. The normalized spacial score (nSPS) is 18.4. The van der Waals surface area contributed by atoms with Crippen molar-refractivity contribution in [3.8, 4) is 0 Å². The molecule has 8 heteroatoms. The Morgan fingerprint density at radius 3 is 2.50 bits per heavy atom. The monoisotopic (exact) mass is 388 g/mol. The number of morpholine rings is 1. The molecule has 1 atom stereocenters. The lowest BCUT2D eigenvalue weighted by Gasteiger charge is -2.30. The number of anilines is 2. The summed E-state index contributed by atoms with van der Waals surface area (Å²) in [5, 5.41) is 2.79. The highest BCUT2D eigenvalue weighted by Crippen LogP contribution is 2.30. The van der Waals surface area contributed by atoms with E-state index < -0.39 is 17.9 Å². The Hall–Kier alpha value is -2.45. The van der Waals surface area contributed by atoms with Crippen molar-refractivity contribution < 1.29 is 19.1 Å². The highest BCUT2D eigenvalue weighted by atomic mass is 16.5. The van der Waals surface area contributed by atoms with E-state index in [4.69, 9.17) is 10.5 Å². The molecule has 1 aromatic rings. The van der Waals surface area contributed by atoms with Crippen LogP contribution < -0.4 is 16.0 Å². The molecule has 1 aliphatic carbocycles. The summed E-state index contributed by atoms with van der Waals surface area (Å²) >= 11 is 0. The molecule has 3 amide bonds. The number of benzene rings is 1. The second-order valence-electron chi connectivity index (χ2n) is 7.76. The predicted octanol–water partition coefficient (Wildman–Crippen LogP) is 0.963. The largest absolute Gasteiger partial charge is 0.370 e.